The molecule has 6 nitrogen and oxygen atoms in total. The second-order valence-corrected chi connectivity index (χ2v) is 18.6. The zero-order valence-electron chi connectivity index (χ0n) is 36.2. The van der Waals surface area contributed by atoms with E-state index in [0.717, 1.165) is 99.8 Å². The van der Waals surface area contributed by atoms with Crippen LogP contribution in [-0.2, 0) is 5.41 Å². The zero-order valence-corrected chi connectivity index (χ0v) is 37.0. The molecule has 8 aromatic carbocycles. The van der Waals surface area contributed by atoms with E-state index in [1.165, 1.54) is 20.9 Å². The van der Waals surface area contributed by atoms with Crippen molar-refractivity contribution in [3.63, 3.8) is 0 Å². The number of benzene rings is 8. The number of nitrogens with zero attached hydrogens (tertiary/aromatic N) is 6. The number of fused-ring (bicyclic) bond motifs is 15. The average Bonchev–Trinajstić information content (AvgIpc) is 4.02. The minimum Gasteiger partial charge on any atom is -0.309 e. The Balaban J connectivity index is 0.996. The number of pyridine rings is 2. The molecule has 0 atom stereocenters. The first-order chi connectivity index (χ1) is 33.6. The highest BCUT2D eigenvalue weighted by Gasteiger charge is 2.52. The van der Waals surface area contributed by atoms with Gasteiger partial charge < -0.3 is 9.13 Å². The Bertz CT molecular complexity index is 4160. The average molecular weight is 883 g/mol. The molecular formula is C61H34N6S. The summed E-state index contributed by atoms with van der Waals surface area (Å²) in [5.41, 5.74) is 17.8. The van der Waals surface area contributed by atoms with Gasteiger partial charge in [0.05, 0.1) is 62.1 Å². The van der Waals surface area contributed by atoms with Crippen LogP contribution in [0.5, 0.6) is 0 Å². The first-order valence-corrected chi connectivity index (χ1v) is 23.4. The Morgan fingerprint density at radius 2 is 0.897 bits per heavy atom. The number of aromatic nitrogens is 4. The molecule has 5 heterocycles. The molecule has 12 aromatic rings. The lowest BCUT2D eigenvalue weighted by molar-refractivity contribution is 0.720. The van der Waals surface area contributed by atoms with Crippen LogP contribution in [0.4, 0.5) is 0 Å². The van der Waals surface area contributed by atoms with E-state index in [1.807, 2.05) is 60.6 Å². The van der Waals surface area contributed by atoms with Crippen LogP contribution < -0.4 is 0 Å². The maximum atomic E-state index is 10.0. The number of hydrogen-bond acceptors (Lipinski definition) is 5. The molecule has 0 fully saturated rings. The highest BCUT2D eigenvalue weighted by Crippen LogP contribution is 2.63. The summed E-state index contributed by atoms with van der Waals surface area (Å²) in [6.07, 6.45) is 3.75. The van der Waals surface area contributed by atoms with Gasteiger partial charge in [0.25, 0.3) is 0 Å². The molecule has 14 rings (SSSR count). The number of hydrogen-bond donors (Lipinski definition) is 0. The zero-order chi connectivity index (χ0) is 45.1. The van der Waals surface area contributed by atoms with Crippen LogP contribution in [0, 0.1) is 22.7 Å². The fraction of sp³-hybridized carbons (Fsp3) is 0.0164. The molecule has 68 heavy (non-hydrogen) atoms. The third-order valence-corrected chi connectivity index (χ3v) is 15.3. The summed E-state index contributed by atoms with van der Waals surface area (Å²) in [4.78, 5) is 12.4. The van der Waals surface area contributed by atoms with Crippen molar-refractivity contribution in [3.8, 4) is 57.2 Å². The van der Waals surface area contributed by atoms with Crippen LogP contribution in [0.1, 0.15) is 33.4 Å². The van der Waals surface area contributed by atoms with Crippen LogP contribution in [-0.4, -0.2) is 19.1 Å². The van der Waals surface area contributed by atoms with Crippen molar-refractivity contribution in [2.45, 2.75) is 15.2 Å². The van der Waals surface area contributed by atoms with E-state index in [4.69, 9.17) is 9.97 Å². The van der Waals surface area contributed by atoms with E-state index in [9.17, 15) is 10.5 Å². The van der Waals surface area contributed by atoms with Crippen molar-refractivity contribution in [1.82, 2.24) is 19.1 Å². The fourth-order valence-corrected chi connectivity index (χ4v) is 12.6. The van der Waals surface area contributed by atoms with Gasteiger partial charge in [-0.3, -0.25) is 9.97 Å². The molecular weight excluding hydrogens is 849 g/mol. The van der Waals surface area contributed by atoms with Gasteiger partial charge in [0.1, 0.15) is 0 Å². The van der Waals surface area contributed by atoms with Crippen LogP contribution in [0.25, 0.3) is 88.6 Å². The lowest BCUT2D eigenvalue weighted by Gasteiger charge is -2.40. The molecule has 1 aliphatic heterocycles. The monoisotopic (exact) mass is 882 g/mol. The van der Waals surface area contributed by atoms with Crippen molar-refractivity contribution in [1.29, 1.82) is 10.5 Å². The second-order valence-electron chi connectivity index (χ2n) is 17.5. The molecule has 7 heteroatoms. The maximum Gasteiger partial charge on any atom is 0.0991 e. The first-order valence-electron chi connectivity index (χ1n) is 22.6. The standard InChI is InChI=1S/C61H34N6S/c62-35-37-18-23-53-45(30-37)47-32-39(20-25-55(47)66(53)42-10-3-1-4-11-42)40-22-27-57-52(34-40)61(49-16-8-28-64-58(49)59-50(61)17-9-29-65-59)51-15-7-14-44(60(51)68-57)41-21-26-56-48(33-41)46-31-38(36-63)19-24-54(46)67(56)43-12-5-2-6-13-43/h1-34H. The van der Waals surface area contributed by atoms with Crippen molar-refractivity contribution in [3.05, 3.63) is 240 Å². The largest absolute Gasteiger partial charge is 0.309 e. The van der Waals surface area contributed by atoms with E-state index < -0.39 is 5.41 Å². The van der Waals surface area contributed by atoms with Gasteiger partial charge in [0.15, 0.2) is 0 Å². The molecule has 0 bridgehead atoms. The Morgan fingerprint density at radius 3 is 1.47 bits per heavy atom. The van der Waals surface area contributed by atoms with E-state index in [2.05, 4.69) is 179 Å². The van der Waals surface area contributed by atoms with E-state index in [-0.39, 0.29) is 0 Å². The third-order valence-electron chi connectivity index (χ3n) is 14.1. The topological polar surface area (TPSA) is 83.2 Å². The Morgan fingerprint density at radius 1 is 0.412 bits per heavy atom. The second kappa shape index (κ2) is 14.5. The fourth-order valence-electron chi connectivity index (χ4n) is 11.3. The Labute approximate surface area is 395 Å². The summed E-state index contributed by atoms with van der Waals surface area (Å²) in [6.45, 7) is 0. The van der Waals surface area contributed by atoms with Gasteiger partial charge in [-0.05, 0) is 154 Å². The number of nitriles is 2. The van der Waals surface area contributed by atoms with Crippen LogP contribution in [0.2, 0.25) is 0 Å². The molecule has 1 spiro atoms. The van der Waals surface area contributed by atoms with Crippen molar-refractivity contribution < 1.29 is 0 Å². The van der Waals surface area contributed by atoms with Gasteiger partial charge in [-0.15, -0.1) is 0 Å². The molecule has 0 amide bonds. The molecule has 4 aromatic heterocycles. The normalized spacial score (nSPS) is 13.0. The van der Waals surface area contributed by atoms with Crippen LogP contribution in [0.3, 0.4) is 0 Å². The molecule has 0 saturated carbocycles. The molecule has 0 radical (unpaired) electrons. The summed E-state index contributed by atoms with van der Waals surface area (Å²) in [5.74, 6) is 0. The van der Waals surface area contributed by atoms with Crippen LogP contribution in [0.15, 0.2) is 216 Å². The predicted molar refractivity (Wildman–Crippen MR) is 272 cm³/mol. The maximum absolute atomic E-state index is 10.0. The SMILES string of the molecule is N#Cc1ccc2c(c1)c1cc(-c3ccc4c(c3)C3(c5cccnc5-c5ncccc53)c3cccc(-c5ccc6c(c5)c5cc(C#N)ccc5n6-c5ccccc5)c3S4)ccc1n2-c1ccccc1. The van der Waals surface area contributed by atoms with Gasteiger partial charge in [-0.2, -0.15) is 10.5 Å². The first kappa shape index (κ1) is 38.3. The summed E-state index contributed by atoms with van der Waals surface area (Å²) < 4.78 is 4.58. The predicted octanol–water partition coefficient (Wildman–Crippen LogP) is 14.6. The van der Waals surface area contributed by atoms with E-state index in [1.54, 1.807) is 0 Å². The van der Waals surface area contributed by atoms with Crippen molar-refractivity contribution in [2.75, 3.05) is 0 Å². The van der Waals surface area contributed by atoms with Gasteiger partial charge in [0, 0.05) is 55.1 Å². The Hall–Kier alpha value is -9.01. The highest BCUT2D eigenvalue weighted by atomic mass is 32.2. The van der Waals surface area contributed by atoms with E-state index >= 15 is 0 Å². The van der Waals surface area contributed by atoms with Gasteiger partial charge in [0.2, 0.25) is 0 Å². The Kier molecular flexibility index (Phi) is 8.16. The smallest absolute Gasteiger partial charge is 0.0991 e. The van der Waals surface area contributed by atoms with Crippen molar-refractivity contribution in [2.24, 2.45) is 0 Å². The van der Waals surface area contributed by atoms with Crippen molar-refractivity contribution >= 4 is 55.4 Å². The summed E-state index contributed by atoms with van der Waals surface area (Å²) >= 11 is 1.82. The third kappa shape index (κ3) is 5.28. The van der Waals surface area contributed by atoms with Gasteiger partial charge in [-0.25, -0.2) is 0 Å². The number of para-hydroxylation sites is 2. The molecule has 314 valence electrons. The highest BCUT2D eigenvalue weighted by molar-refractivity contribution is 7.99. The van der Waals surface area contributed by atoms with Gasteiger partial charge in [-0.1, -0.05) is 96.7 Å². The number of rotatable bonds is 4. The molecule has 0 saturated heterocycles. The molecule has 2 aliphatic rings. The molecule has 0 unspecified atom stereocenters. The minimum absolute atomic E-state index is 0.633. The molecule has 0 N–H and O–H groups in total. The minimum atomic E-state index is -0.723. The quantitative estimate of drug-likeness (QED) is 0.176. The lowest BCUT2D eigenvalue weighted by atomic mass is 9.67. The van der Waals surface area contributed by atoms with Crippen LogP contribution >= 0.6 is 11.8 Å². The summed E-state index contributed by atoms with van der Waals surface area (Å²) in [7, 11) is 0. The van der Waals surface area contributed by atoms with E-state index in [0.29, 0.717) is 11.1 Å². The van der Waals surface area contributed by atoms with Gasteiger partial charge >= 0.3 is 0 Å². The summed E-state index contributed by atoms with van der Waals surface area (Å²) in [6, 6.07) is 73.4. The summed E-state index contributed by atoms with van der Waals surface area (Å²) in [5, 5.41) is 24.3. The lowest BCUT2D eigenvalue weighted by Crippen LogP contribution is -2.32. The molecule has 1 aliphatic carbocycles.